The van der Waals surface area contributed by atoms with E-state index in [0.29, 0.717) is 32.5 Å². The van der Waals surface area contributed by atoms with E-state index in [9.17, 15) is 4.79 Å². The van der Waals surface area contributed by atoms with E-state index in [1.165, 1.54) is 0 Å². The first kappa shape index (κ1) is 23.2. The molecular formula is C25H30N4O3S. The molecule has 2 aliphatic heterocycles. The number of hydrogen-bond acceptors (Lipinski definition) is 6. The van der Waals surface area contributed by atoms with Crippen molar-refractivity contribution in [3.05, 3.63) is 54.1 Å². The molecule has 0 aromatic heterocycles. The number of piperidine rings is 1. The second kappa shape index (κ2) is 10.3. The van der Waals surface area contributed by atoms with E-state index in [0.717, 1.165) is 39.3 Å². The number of rotatable bonds is 6. The van der Waals surface area contributed by atoms with Crippen molar-refractivity contribution >= 4 is 34.2 Å². The Morgan fingerprint density at radius 3 is 2.30 bits per heavy atom. The number of amides is 2. The molecule has 2 aromatic carbocycles. The predicted octanol–water partition coefficient (Wildman–Crippen LogP) is 5.07. The minimum atomic E-state index is -0.483. The molecule has 4 rings (SSSR count). The lowest BCUT2D eigenvalue weighted by atomic mass is 9.98. The Balaban J connectivity index is 1.42. The van der Waals surface area contributed by atoms with E-state index >= 15 is 0 Å². The third-order valence-corrected chi connectivity index (χ3v) is 6.59. The molecule has 174 valence electrons. The van der Waals surface area contributed by atoms with E-state index in [-0.39, 0.29) is 6.03 Å². The number of methoxy groups -OCH3 is 1. The van der Waals surface area contributed by atoms with Crippen LogP contribution in [0.1, 0.15) is 32.3 Å². The molecule has 2 heterocycles. The molecule has 7 nitrogen and oxygen atoms in total. The number of nitrogens with zero attached hydrogens (tertiary/aromatic N) is 3. The Hall–Kier alpha value is -3.00. The van der Waals surface area contributed by atoms with Crippen molar-refractivity contribution < 1.29 is 14.3 Å². The summed E-state index contributed by atoms with van der Waals surface area (Å²) in [6.45, 7) is 5.90. The molecule has 8 heteroatoms. The summed E-state index contributed by atoms with van der Waals surface area (Å²) in [6, 6.07) is 15.3. The van der Waals surface area contributed by atoms with Crippen molar-refractivity contribution in [2.24, 2.45) is 9.98 Å². The maximum atomic E-state index is 12.8. The fourth-order valence-corrected chi connectivity index (χ4v) is 4.80. The van der Waals surface area contributed by atoms with Crippen LogP contribution < -0.4 is 14.8 Å². The van der Waals surface area contributed by atoms with Crippen LogP contribution in [0, 0.1) is 0 Å². The highest BCUT2D eigenvalue weighted by Crippen LogP contribution is 2.36. The van der Waals surface area contributed by atoms with Gasteiger partial charge in [-0.1, -0.05) is 6.92 Å². The van der Waals surface area contributed by atoms with Crippen LogP contribution in [0.25, 0.3) is 0 Å². The van der Waals surface area contributed by atoms with Crippen molar-refractivity contribution in [3.63, 3.8) is 0 Å². The SMILES string of the molecule is CCOc1ccc(NC(=O)N2CCC3(CC2)N=C(SCC)C(c2ccc(OC)cc2)=N3)cc1. The quantitative estimate of drug-likeness (QED) is 0.645. The van der Waals surface area contributed by atoms with Gasteiger partial charge in [0, 0.05) is 37.2 Å². The van der Waals surface area contributed by atoms with Crippen molar-refractivity contribution in [3.8, 4) is 11.5 Å². The summed E-state index contributed by atoms with van der Waals surface area (Å²) in [5, 5.41) is 3.96. The molecule has 2 amide bonds. The molecule has 0 bridgehead atoms. The number of benzene rings is 2. The highest BCUT2D eigenvalue weighted by molar-refractivity contribution is 8.15. The maximum absolute atomic E-state index is 12.8. The smallest absolute Gasteiger partial charge is 0.321 e. The van der Waals surface area contributed by atoms with Gasteiger partial charge in [0.25, 0.3) is 0 Å². The van der Waals surface area contributed by atoms with E-state index in [2.05, 4.69) is 12.2 Å². The Morgan fingerprint density at radius 2 is 1.70 bits per heavy atom. The monoisotopic (exact) mass is 466 g/mol. The third kappa shape index (κ3) is 5.33. The van der Waals surface area contributed by atoms with Gasteiger partial charge in [0.05, 0.1) is 19.4 Å². The fraction of sp³-hybridized carbons (Fsp3) is 0.400. The zero-order valence-corrected chi connectivity index (χ0v) is 20.2. The number of likely N-dealkylation sites (tertiary alicyclic amines) is 1. The normalized spacial score (nSPS) is 16.9. The van der Waals surface area contributed by atoms with Gasteiger partial charge in [0.2, 0.25) is 0 Å². The van der Waals surface area contributed by atoms with Gasteiger partial charge in [-0.2, -0.15) is 0 Å². The molecule has 33 heavy (non-hydrogen) atoms. The van der Waals surface area contributed by atoms with Gasteiger partial charge >= 0.3 is 6.03 Å². The molecule has 0 unspecified atom stereocenters. The summed E-state index contributed by atoms with van der Waals surface area (Å²) in [5.41, 5.74) is 2.26. The lowest BCUT2D eigenvalue weighted by Gasteiger charge is -2.35. The minimum Gasteiger partial charge on any atom is -0.497 e. The molecule has 0 aliphatic carbocycles. The number of carbonyl (C=O) groups is 1. The first-order valence-electron chi connectivity index (χ1n) is 11.3. The average Bonchev–Trinajstić information content (AvgIpc) is 3.18. The topological polar surface area (TPSA) is 75.5 Å². The van der Waals surface area contributed by atoms with Crippen LogP contribution in [-0.2, 0) is 0 Å². The second-order valence-electron chi connectivity index (χ2n) is 7.90. The lowest BCUT2D eigenvalue weighted by molar-refractivity contribution is 0.175. The average molecular weight is 467 g/mol. The summed E-state index contributed by atoms with van der Waals surface area (Å²) in [5.74, 6) is 2.54. The number of hydrogen-bond donors (Lipinski definition) is 1. The van der Waals surface area contributed by atoms with E-state index in [1.807, 2.05) is 60.4 Å². The molecule has 0 radical (unpaired) electrons. The molecule has 2 aliphatic rings. The van der Waals surface area contributed by atoms with Crippen LogP contribution >= 0.6 is 11.8 Å². The van der Waals surface area contributed by atoms with E-state index < -0.39 is 5.66 Å². The molecule has 1 fully saturated rings. The van der Waals surface area contributed by atoms with Crippen LogP contribution in [0.2, 0.25) is 0 Å². The van der Waals surface area contributed by atoms with Gasteiger partial charge in [-0.05, 0) is 61.2 Å². The number of anilines is 1. The van der Waals surface area contributed by atoms with Crippen molar-refractivity contribution in [1.82, 2.24) is 4.90 Å². The molecule has 0 saturated carbocycles. The molecule has 1 spiro atoms. The maximum Gasteiger partial charge on any atom is 0.321 e. The van der Waals surface area contributed by atoms with Gasteiger partial charge in [0.1, 0.15) is 16.5 Å². The van der Waals surface area contributed by atoms with Gasteiger partial charge < -0.3 is 19.7 Å². The first-order chi connectivity index (χ1) is 16.1. The lowest BCUT2D eigenvalue weighted by Crippen LogP contribution is -2.46. The van der Waals surface area contributed by atoms with Gasteiger partial charge in [-0.15, -0.1) is 11.8 Å². The Labute approximate surface area is 199 Å². The Morgan fingerprint density at radius 1 is 1.03 bits per heavy atom. The molecule has 1 saturated heterocycles. The van der Waals surface area contributed by atoms with Crippen molar-refractivity contribution in [2.45, 2.75) is 32.4 Å². The summed E-state index contributed by atoms with van der Waals surface area (Å²) in [7, 11) is 1.66. The number of thioether (sulfide) groups is 1. The molecular weight excluding hydrogens is 436 g/mol. The number of ether oxygens (including phenoxy) is 2. The molecule has 0 atom stereocenters. The number of nitrogens with one attached hydrogen (secondary N) is 1. The molecule has 1 N–H and O–H groups in total. The van der Waals surface area contributed by atoms with E-state index in [4.69, 9.17) is 19.5 Å². The minimum absolute atomic E-state index is 0.0986. The zero-order chi connectivity index (χ0) is 23.3. The van der Waals surface area contributed by atoms with Crippen LogP contribution in [0.15, 0.2) is 58.5 Å². The van der Waals surface area contributed by atoms with Crippen LogP contribution in [0.5, 0.6) is 11.5 Å². The van der Waals surface area contributed by atoms with E-state index in [1.54, 1.807) is 18.9 Å². The van der Waals surface area contributed by atoms with Gasteiger partial charge in [-0.3, -0.25) is 4.99 Å². The van der Waals surface area contributed by atoms with Crippen LogP contribution in [0.4, 0.5) is 10.5 Å². The standard InChI is InChI=1S/C25H30N4O3S/c1-4-32-21-12-8-19(9-13-21)26-24(30)29-16-14-25(15-17-29)27-22(23(28-25)33-5-2)18-6-10-20(31-3)11-7-18/h6-13H,4-5,14-17H2,1-3H3,(H,26,30). The van der Waals surface area contributed by atoms with Crippen LogP contribution in [0.3, 0.4) is 0 Å². The van der Waals surface area contributed by atoms with Crippen LogP contribution in [-0.4, -0.2) is 59.9 Å². The molecule has 2 aromatic rings. The van der Waals surface area contributed by atoms with Gasteiger partial charge in [-0.25, -0.2) is 9.79 Å². The number of aliphatic imine (C=N–C) groups is 2. The highest BCUT2D eigenvalue weighted by atomic mass is 32.2. The Bertz CT molecular complexity index is 1030. The van der Waals surface area contributed by atoms with Gasteiger partial charge in [0.15, 0.2) is 5.66 Å². The highest BCUT2D eigenvalue weighted by Gasteiger charge is 2.40. The third-order valence-electron chi connectivity index (χ3n) is 5.74. The first-order valence-corrected chi connectivity index (χ1v) is 12.3. The summed E-state index contributed by atoms with van der Waals surface area (Å²) >= 11 is 1.72. The largest absolute Gasteiger partial charge is 0.497 e. The number of urea groups is 1. The second-order valence-corrected chi connectivity index (χ2v) is 9.15. The number of carbonyl (C=O) groups excluding carboxylic acids is 1. The zero-order valence-electron chi connectivity index (χ0n) is 19.3. The summed E-state index contributed by atoms with van der Waals surface area (Å²) in [4.78, 5) is 24.8. The van der Waals surface area contributed by atoms with Crippen molar-refractivity contribution in [1.29, 1.82) is 0 Å². The summed E-state index contributed by atoms with van der Waals surface area (Å²) < 4.78 is 10.7. The predicted molar refractivity (Wildman–Crippen MR) is 135 cm³/mol. The summed E-state index contributed by atoms with van der Waals surface area (Å²) in [6.07, 6.45) is 1.41. The van der Waals surface area contributed by atoms with Crippen molar-refractivity contribution in [2.75, 3.05) is 37.9 Å². The Kier molecular flexibility index (Phi) is 7.23. The fourth-order valence-electron chi connectivity index (χ4n) is 3.99.